The molecule has 4 aromatic rings. The summed E-state index contributed by atoms with van der Waals surface area (Å²) in [7, 11) is 0.288. The standard InChI is InChI=1S/C35H36FN3O6S/c1-22-8-6-9-23(2)33(22)35(41)39-17-16-28(21-39)45-27-13-14-29(36)30(20-27)37-46(42,43)32-19-25(12-15-31(32)44-5)24-10-7-11-26(18-24)34(40)38(3)4/h6-15,18-20,28,37H,16-17,21H2,1-5H3/t28-/m0/s1. The summed E-state index contributed by atoms with van der Waals surface area (Å²) in [4.78, 5) is 28.7. The van der Waals surface area contributed by atoms with Gasteiger partial charge in [0.2, 0.25) is 0 Å². The van der Waals surface area contributed by atoms with E-state index in [9.17, 15) is 22.4 Å². The molecule has 1 heterocycles. The first kappa shape index (κ1) is 32.5. The fraction of sp³-hybridized carbons (Fsp3) is 0.257. The molecule has 4 aromatic carbocycles. The SMILES string of the molecule is COc1ccc(-c2cccc(C(=O)N(C)C)c2)cc1S(=O)(=O)Nc1cc(O[C@H]2CCN(C(=O)c3c(C)cccc3C)C2)ccc1F. The van der Waals surface area contributed by atoms with E-state index in [2.05, 4.69) is 4.72 Å². The van der Waals surface area contributed by atoms with Gasteiger partial charge in [-0.2, -0.15) is 0 Å². The van der Waals surface area contributed by atoms with E-state index in [0.29, 0.717) is 41.8 Å². The van der Waals surface area contributed by atoms with Gasteiger partial charge in [0.1, 0.15) is 28.3 Å². The Labute approximate surface area is 268 Å². The number of hydrogen-bond donors (Lipinski definition) is 1. The Bertz CT molecular complexity index is 1890. The molecule has 1 aliphatic rings. The van der Waals surface area contributed by atoms with Crippen LogP contribution < -0.4 is 14.2 Å². The predicted molar refractivity (Wildman–Crippen MR) is 175 cm³/mol. The van der Waals surface area contributed by atoms with Crippen molar-refractivity contribution in [2.24, 2.45) is 0 Å². The third-order valence-electron chi connectivity index (χ3n) is 7.91. The summed E-state index contributed by atoms with van der Waals surface area (Å²) < 4.78 is 56.0. The maximum absolute atomic E-state index is 15.0. The fourth-order valence-electron chi connectivity index (χ4n) is 5.52. The zero-order chi connectivity index (χ0) is 33.2. The number of methoxy groups -OCH3 is 1. The zero-order valence-electron chi connectivity index (χ0n) is 26.3. The molecule has 5 rings (SSSR count). The first-order chi connectivity index (χ1) is 21.9. The number of halogens is 1. The van der Waals surface area contributed by atoms with Gasteiger partial charge in [-0.25, -0.2) is 12.8 Å². The molecule has 0 bridgehead atoms. The highest BCUT2D eigenvalue weighted by atomic mass is 32.2. The van der Waals surface area contributed by atoms with Gasteiger partial charge in [0, 0.05) is 44.3 Å². The Kier molecular flexibility index (Phi) is 9.34. The molecule has 1 atom stereocenters. The Morgan fingerprint density at radius 2 is 1.63 bits per heavy atom. The second kappa shape index (κ2) is 13.2. The van der Waals surface area contributed by atoms with Crippen molar-refractivity contribution in [3.8, 4) is 22.6 Å². The highest BCUT2D eigenvalue weighted by molar-refractivity contribution is 7.92. The molecule has 1 saturated heterocycles. The number of hydrogen-bond acceptors (Lipinski definition) is 6. The highest BCUT2D eigenvalue weighted by Crippen LogP contribution is 2.33. The van der Waals surface area contributed by atoms with E-state index < -0.39 is 15.8 Å². The molecular formula is C35H36FN3O6S. The number of amides is 2. The van der Waals surface area contributed by atoms with Crippen LogP contribution in [0.2, 0.25) is 0 Å². The van der Waals surface area contributed by atoms with Crippen molar-refractivity contribution < 1.29 is 31.9 Å². The number of nitrogens with one attached hydrogen (secondary N) is 1. The average Bonchev–Trinajstić information content (AvgIpc) is 3.50. The van der Waals surface area contributed by atoms with Gasteiger partial charge >= 0.3 is 0 Å². The Morgan fingerprint density at radius 3 is 2.33 bits per heavy atom. The van der Waals surface area contributed by atoms with E-state index in [1.807, 2.05) is 32.0 Å². The van der Waals surface area contributed by atoms with Crippen LogP contribution >= 0.6 is 0 Å². The molecule has 0 spiro atoms. The van der Waals surface area contributed by atoms with Crippen LogP contribution in [0.5, 0.6) is 11.5 Å². The molecule has 9 nitrogen and oxygen atoms in total. The maximum atomic E-state index is 15.0. The number of likely N-dealkylation sites (tertiary alicyclic amines) is 1. The summed E-state index contributed by atoms with van der Waals surface area (Å²) in [5.41, 5.74) is 3.77. The molecule has 0 aromatic heterocycles. The number of nitrogens with zero attached hydrogens (tertiary/aromatic N) is 2. The summed E-state index contributed by atoms with van der Waals surface area (Å²) in [5.74, 6) is -0.737. The number of aryl methyl sites for hydroxylation is 2. The van der Waals surface area contributed by atoms with E-state index in [0.717, 1.165) is 17.2 Å². The van der Waals surface area contributed by atoms with Gasteiger partial charge in [0.05, 0.1) is 19.3 Å². The van der Waals surface area contributed by atoms with Crippen molar-refractivity contribution in [2.75, 3.05) is 39.0 Å². The molecule has 46 heavy (non-hydrogen) atoms. The Hall–Kier alpha value is -4.90. The van der Waals surface area contributed by atoms with Crippen LogP contribution in [-0.4, -0.2) is 70.4 Å². The summed E-state index contributed by atoms with van der Waals surface area (Å²) in [6.45, 7) is 4.66. The quantitative estimate of drug-likeness (QED) is 0.243. The normalized spacial score (nSPS) is 14.6. The minimum Gasteiger partial charge on any atom is -0.495 e. The Balaban J connectivity index is 1.35. The van der Waals surface area contributed by atoms with E-state index in [-0.39, 0.29) is 40.0 Å². The highest BCUT2D eigenvalue weighted by Gasteiger charge is 2.30. The van der Waals surface area contributed by atoms with Crippen LogP contribution in [0, 0.1) is 19.7 Å². The zero-order valence-corrected chi connectivity index (χ0v) is 27.2. The van der Waals surface area contributed by atoms with Gasteiger partial charge in [-0.3, -0.25) is 14.3 Å². The van der Waals surface area contributed by atoms with E-state index in [1.165, 1.54) is 36.3 Å². The van der Waals surface area contributed by atoms with Gasteiger partial charge in [-0.05, 0) is 72.5 Å². The molecule has 2 amide bonds. The minimum atomic E-state index is -4.35. The molecule has 0 saturated carbocycles. The maximum Gasteiger partial charge on any atom is 0.265 e. The van der Waals surface area contributed by atoms with Crippen molar-refractivity contribution in [2.45, 2.75) is 31.3 Å². The average molecular weight is 646 g/mol. The van der Waals surface area contributed by atoms with E-state index >= 15 is 0 Å². The van der Waals surface area contributed by atoms with Gasteiger partial charge in [0.25, 0.3) is 21.8 Å². The Morgan fingerprint density at radius 1 is 0.935 bits per heavy atom. The van der Waals surface area contributed by atoms with Crippen molar-refractivity contribution in [3.63, 3.8) is 0 Å². The lowest BCUT2D eigenvalue weighted by atomic mass is 10.0. The number of rotatable bonds is 9. The molecule has 0 radical (unpaired) electrons. The van der Waals surface area contributed by atoms with Crippen molar-refractivity contribution >= 4 is 27.5 Å². The monoisotopic (exact) mass is 645 g/mol. The van der Waals surface area contributed by atoms with Crippen molar-refractivity contribution in [3.05, 3.63) is 107 Å². The predicted octanol–water partition coefficient (Wildman–Crippen LogP) is 5.91. The fourth-order valence-corrected chi connectivity index (χ4v) is 6.78. The molecule has 240 valence electrons. The molecule has 0 aliphatic carbocycles. The van der Waals surface area contributed by atoms with Gasteiger partial charge in [-0.15, -0.1) is 0 Å². The lowest BCUT2D eigenvalue weighted by Crippen LogP contribution is -2.31. The molecule has 0 unspecified atom stereocenters. The number of carbonyl (C=O) groups excluding carboxylic acids is 2. The second-order valence-electron chi connectivity index (χ2n) is 11.4. The first-order valence-electron chi connectivity index (χ1n) is 14.7. The van der Waals surface area contributed by atoms with Crippen LogP contribution in [0.4, 0.5) is 10.1 Å². The number of carbonyl (C=O) groups is 2. The molecule has 1 aliphatic heterocycles. The van der Waals surface area contributed by atoms with Gasteiger partial charge < -0.3 is 19.3 Å². The number of anilines is 1. The molecule has 1 N–H and O–H groups in total. The largest absolute Gasteiger partial charge is 0.495 e. The summed E-state index contributed by atoms with van der Waals surface area (Å²) in [6.07, 6.45) is 0.218. The summed E-state index contributed by atoms with van der Waals surface area (Å²) >= 11 is 0. The van der Waals surface area contributed by atoms with Crippen LogP contribution in [0.25, 0.3) is 11.1 Å². The molecule has 11 heteroatoms. The van der Waals surface area contributed by atoms with Crippen LogP contribution in [0.1, 0.15) is 38.3 Å². The topological polar surface area (TPSA) is 105 Å². The van der Waals surface area contributed by atoms with Gasteiger partial charge in [0.15, 0.2) is 0 Å². The summed E-state index contributed by atoms with van der Waals surface area (Å²) in [6, 6.07) is 21.0. The molecule has 1 fully saturated rings. The van der Waals surface area contributed by atoms with E-state index in [1.54, 1.807) is 49.3 Å². The van der Waals surface area contributed by atoms with Crippen LogP contribution in [0.15, 0.2) is 83.8 Å². The van der Waals surface area contributed by atoms with Crippen molar-refractivity contribution in [1.82, 2.24) is 9.80 Å². The smallest absolute Gasteiger partial charge is 0.265 e. The van der Waals surface area contributed by atoms with Crippen LogP contribution in [0.3, 0.4) is 0 Å². The molecular weight excluding hydrogens is 609 g/mol. The third-order valence-corrected chi connectivity index (χ3v) is 9.30. The van der Waals surface area contributed by atoms with E-state index in [4.69, 9.17) is 9.47 Å². The second-order valence-corrected chi connectivity index (χ2v) is 13.1. The number of sulfonamides is 1. The lowest BCUT2D eigenvalue weighted by molar-refractivity contribution is 0.0770. The lowest BCUT2D eigenvalue weighted by Gasteiger charge is -2.20. The minimum absolute atomic E-state index is 0.0594. The number of ether oxygens (including phenoxy) is 2. The van der Waals surface area contributed by atoms with Crippen LogP contribution in [-0.2, 0) is 10.0 Å². The summed E-state index contributed by atoms with van der Waals surface area (Å²) in [5, 5.41) is 0. The van der Waals surface area contributed by atoms with Gasteiger partial charge in [-0.1, -0.05) is 36.4 Å². The first-order valence-corrected chi connectivity index (χ1v) is 16.2. The number of benzene rings is 4. The van der Waals surface area contributed by atoms with Crippen molar-refractivity contribution in [1.29, 1.82) is 0 Å². The third kappa shape index (κ3) is 6.84.